The molecule has 4 rings (SSSR count). The maximum atomic E-state index is 12.7. The van der Waals surface area contributed by atoms with Crippen molar-refractivity contribution in [3.8, 4) is 28.7 Å². The first-order valence-electron chi connectivity index (χ1n) is 15.4. The van der Waals surface area contributed by atoms with Gasteiger partial charge in [-0.15, -0.1) is 0 Å². The molecule has 0 bridgehead atoms. The van der Waals surface area contributed by atoms with Crippen molar-refractivity contribution in [2.75, 3.05) is 33.2 Å². The van der Waals surface area contributed by atoms with Crippen molar-refractivity contribution in [3.05, 3.63) is 122 Å². The predicted molar refractivity (Wildman–Crippen MR) is 179 cm³/mol. The average Bonchev–Trinajstić information content (AvgIpc) is 3.11. The number of fused-ring (bicyclic) bond motifs is 1. The second kappa shape index (κ2) is 19.7. The fraction of sp³-hybridized carbons (Fsp3) is 0.237. The first kappa shape index (κ1) is 35.2. The zero-order valence-corrected chi connectivity index (χ0v) is 26.6. The Morgan fingerprint density at radius 3 is 1.79 bits per heavy atom. The summed E-state index contributed by atoms with van der Waals surface area (Å²) >= 11 is 0. The summed E-state index contributed by atoms with van der Waals surface area (Å²) in [6.07, 6.45) is 5.40. The standard InChI is InChI=1S/C38H38O10/c1-3-21-46-47-25-8-7-23-42-33-17-19-34(20-18-33)44-28-45-35-15-11-31-27-36(16-12-30(31)26-35)48-38(40)29-9-13-32(14-10-29)41-22-5-6-24-43-37(39)4-2/h4,9-21,26-27H,1-2,5-8,22-25,28H2. The van der Waals surface area contributed by atoms with E-state index in [0.717, 1.165) is 35.4 Å². The van der Waals surface area contributed by atoms with Crippen LogP contribution in [0.15, 0.2) is 116 Å². The zero-order chi connectivity index (χ0) is 33.8. The Labute approximate surface area is 279 Å². The Morgan fingerprint density at radius 1 is 0.625 bits per heavy atom. The summed E-state index contributed by atoms with van der Waals surface area (Å²) in [6, 6.07) is 25.1. The lowest BCUT2D eigenvalue weighted by atomic mass is 10.1. The second-order valence-corrected chi connectivity index (χ2v) is 10.2. The Morgan fingerprint density at radius 2 is 1.15 bits per heavy atom. The highest BCUT2D eigenvalue weighted by Crippen LogP contribution is 2.26. The van der Waals surface area contributed by atoms with Gasteiger partial charge in [-0.3, -0.25) is 0 Å². The number of hydrogen-bond acceptors (Lipinski definition) is 10. The van der Waals surface area contributed by atoms with Crippen LogP contribution < -0.4 is 23.7 Å². The van der Waals surface area contributed by atoms with Gasteiger partial charge in [-0.1, -0.05) is 31.0 Å². The van der Waals surface area contributed by atoms with Crippen LogP contribution in [0.3, 0.4) is 0 Å². The monoisotopic (exact) mass is 654 g/mol. The topological polar surface area (TPSA) is 108 Å². The highest BCUT2D eigenvalue weighted by Gasteiger charge is 2.10. The predicted octanol–water partition coefficient (Wildman–Crippen LogP) is 7.77. The minimum absolute atomic E-state index is 0.0293. The number of esters is 2. The Bertz CT molecular complexity index is 1660. The number of benzene rings is 4. The quantitative estimate of drug-likeness (QED) is 0.0102. The molecule has 10 heteroatoms. The summed E-state index contributed by atoms with van der Waals surface area (Å²) in [6.45, 7) is 8.55. The molecule has 0 fully saturated rings. The molecule has 0 amide bonds. The van der Waals surface area contributed by atoms with E-state index in [1.54, 1.807) is 36.4 Å². The smallest absolute Gasteiger partial charge is 0.343 e. The van der Waals surface area contributed by atoms with E-state index in [1.807, 2.05) is 48.5 Å². The molecule has 0 aliphatic heterocycles. The Kier molecular flexibility index (Phi) is 14.5. The van der Waals surface area contributed by atoms with Crippen LogP contribution in [0.1, 0.15) is 36.0 Å². The van der Waals surface area contributed by atoms with Crippen molar-refractivity contribution >= 4 is 22.7 Å². The van der Waals surface area contributed by atoms with Crippen LogP contribution in [-0.4, -0.2) is 45.2 Å². The third kappa shape index (κ3) is 12.2. The van der Waals surface area contributed by atoms with Gasteiger partial charge in [0.25, 0.3) is 0 Å². The zero-order valence-electron chi connectivity index (χ0n) is 26.6. The molecule has 10 nitrogen and oxygen atoms in total. The molecule has 4 aromatic rings. The van der Waals surface area contributed by atoms with Crippen molar-refractivity contribution in [2.24, 2.45) is 0 Å². The van der Waals surface area contributed by atoms with Gasteiger partial charge in [-0.2, -0.15) is 4.89 Å². The van der Waals surface area contributed by atoms with E-state index in [0.29, 0.717) is 67.8 Å². The van der Waals surface area contributed by atoms with Gasteiger partial charge in [-0.05, 0) is 109 Å². The molecule has 0 atom stereocenters. The molecule has 0 radical (unpaired) electrons. The average molecular weight is 655 g/mol. The third-order valence-corrected chi connectivity index (χ3v) is 6.67. The van der Waals surface area contributed by atoms with Gasteiger partial charge in [0, 0.05) is 6.08 Å². The van der Waals surface area contributed by atoms with E-state index in [-0.39, 0.29) is 6.79 Å². The summed E-state index contributed by atoms with van der Waals surface area (Å²) in [5.41, 5.74) is 2.85. The molecule has 250 valence electrons. The van der Waals surface area contributed by atoms with Gasteiger partial charge < -0.3 is 33.3 Å². The molecule has 0 unspecified atom stereocenters. The van der Waals surface area contributed by atoms with Crippen molar-refractivity contribution < 1.29 is 47.8 Å². The maximum Gasteiger partial charge on any atom is 0.343 e. The molecular weight excluding hydrogens is 616 g/mol. The van der Waals surface area contributed by atoms with E-state index in [4.69, 9.17) is 38.2 Å². The van der Waals surface area contributed by atoms with Crippen LogP contribution in [0.2, 0.25) is 0 Å². The van der Waals surface area contributed by atoms with Crippen molar-refractivity contribution in [2.45, 2.75) is 25.7 Å². The molecule has 0 saturated heterocycles. The number of carbonyl (C=O) groups is 2. The molecule has 48 heavy (non-hydrogen) atoms. The normalized spacial score (nSPS) is 10.3. The van der Waals surface area contributed by atoms with Gasteiger partial charge in [0.05, 0.1) is 32.0 Å². The largest absolute Gasteiger partial charge is 0.494 e. The van der Waals surface area contributed by atoms with Gasteiger partial charge >= 0.3 is 11.9 Å². The lowest BCUT2D eigenvalue weighted by molar-refractivity contribution is -0.249. The summed E-state index contributed by atoms with van der Waals surface area (Å²) in [4.78, 5) is 33.4. The fourth-order valence-corrected chi connectivity index (χ4v) is 4.20. The van der Waals surface area contributed by atoms with Gasteiger partial charge in [0.2, 0.25) is 6.79 Å². The molecule has 0 aliphatic rings. The summed E-state index contributed by atoms with van der Waals surface area (Å²) in [5.74, 6) is 2.18. The number of hydrogen-bond donors (Lipinski definition) is 0. The highest BCUT2D eigenvalue weighted by atomic mass is 17.2. The minimum Gasteiger partial charge on any atom is -0.494 e. The molecular formula is C38H38O10. The minimum atomic E-state index is -0.476. The highest BCUT2D eigenvalue weighted by molar-refractivity contribution is 5.92. The van der Waals surface area contributed by atoms with Crippen LogP contribution in [0, 0.1) is 0 Å². The van der Waals surface area contributed by atoms with E-state index < -0.39 is 11.9 Å². The van der Waals surface area contributed by atoms with Crippen LogP contribution in [0.4, 0.5) is 0 Å². The van der Waals surface area contributed by atoms with E-state index in [1.165, 1.54) is 6.26 Å². The summed E-state index contributed by atoms with van der Waals surface area (Å²) < 4.78 is 33.5. The van der Waals surface area contributed by atoms with Gasteiger partial charge in [0.15, 0.2) is 6.26 Å². The second-order valence-electron chi connectivity index (χ2n) is 10.2. The molecule has 0 spiro atoms. The van der Waals surface area contributed by atoms with E-state index >= 15 is 0 Å². The molecule has 0 saturated carbocycles. The van der Waals surface area contributed by atoms with Crippen molar-refractivity contribution in [3.63, 3.8) is 0 Å². The van der Waals surface area contributed by atoms with Crippen LogP contribution in [0.25, 0.3) is 10.8 Å². The van der Waals surface area contributed by atoms with Gasteiger partial charge in [-0.25, -0.2) is 9.59 Å². The lowest BCUT2D eigenvalue weighted by Crippen LogP contribution is -2.08. The molecule has 4 aromatic carbocycles. The number of rotatable bonds is 21. The molecule has 0 heterocycles. The van der Waals surface area contributed by atoms with Crippen molar-refractivity contribution in [1.29, 1.82) is 0 Å². The number of unbranched alkanes of at least 4 members (excludes halogenated alkanes) is 2. The fourth-order valence-electron chi connectivity index (χ4n) is 4.20. The Balaban J connectivity index is 1.16. The number of ether oxygens (including phenoxy) is 6. The first-order valence-corrected chi connectivity index (χ1v) is 15.4. The maximum absolute atomic E-state index is 12.7. The SMILES string of the molecule is C=C=COOCCCCOc1ccc(OCOc2ccc3cc(OC(=O)c4ccc(OCCCCOC(=O)C=C)cc4)ccc3c2)cc1. The number of carbonyl (C=O) groups excluding carboxylic acids is 2. The van der Waals surface area contributed by atoms with Crippen LogP contribution in [-0.2, 0) is 19.3 Å². The summed E-state index contributed by atoms with van der Waals surface area (Å²) in [7, 11) is 0. The van der Waals surface area contributed by atoms with Crippen LogP contribution in [0.5, 0.6) is 28.7 Å². The van der Waals surface area contributed by atoms with Gasteiger partial charge in [0.1, 0.15) is 28.7 Å². The van der Waals surface area contributed by atoms with E-state index in [9.17, 15) is 9.59 Å². The van der Waals surface area contributed by atoms with E-state index in [2.05, 4.69) is 18.9 Å². The van der Waals surface area contributed by atoms with Crippen molar-refractivity contribution in [1.82, 2.24) is 0 Å². The molecule has 0 N–H and O–H groups in total. The molecule has 0 aliphatic carbocycles. The Hall–Kier alpha value is -5.70. The lowest BCUT2D eigenvalue weighted by Gasteiger charge is -2.11. The summed E-state index contributed by atoms with van der Waals surface area (Å²) in [5, 5.41) is 1.81. The third-order valence-electron chi connectivity index (χ3n) is 6.67. The first-order chi connectivity index (χ1) is 23.5. The molecule has 0 aromatic heterocycles. The van der Waals surface area contributed by atoms with Crippen LogP contribution >= 0.6 is 0 Å².